The number of nitrogens with two attached hydrogens (primary N) is 2. The van der Waals surface area contributed by atoms with Crippen molar-refractivity contribution in [2.45, 2.75) is 4.83 Å². The first-order valence-electron chi connectivity index (χ1n) is 2.47. The number of amidine groups is 1. The number of nitrogens with one attached hydrogen (secondary N) is 1. The number of rotatable bonds is 3. The summed E-state index contributed by atoms with van der Waals surface area (Å²) in [5.74, 6) is 0.770. The van der Waals surface area contributed by atoms with E-state index in [1.54, 1.807) is 0 Å². The lowest BCUT2D eigenvalue weighted by molar-refractivity contribution is 0.980. The lowest BCUT2D eigenvalue weighted by Gasteiger charge is -2.02. The molecule has 0 bridgehead atoms. The zero-order valence-corrected chi connectivity index (χ0v) is 7.33. The van der Waals surface area contributed by atoms with E-state index in [0.29, 0.717) is 6.54 Å². The van der Waals surface area contributed by atoms with E-state index < -0.39 is 0 Å². The van der Waals surface area contributed by atoms with E-state index in [1.165, 1.54) is 11.8 Å². The fraction of sp³-hybridized carbons (Fsp3) is 0.750. The van der Waals surface area contributed by atoms with Gasteiger partial charge in [-0.05, 0) is 0 Å². The van der Waals surface area contributed by atoms with E-state index in [-0.39, 0.29) is 9.99 Å². The minimum atomic E-state index is 0.146. The van der Waals surface area contributed by atoms with Crippen LogP contribution in [-0.2, 0) is 0 Å². The number of hydrogen-bond acceptors (Lipinski definition) is 3. The lowest BCUT2D eigenvalue weighted by atomic mass is 10.5. The van der Waals surface area contributed by atoms with Gasteiger partial charge in [0.2, 0.25) is 0 Å². The molecule has 0 saturated heterocycles. The molecule has 0 heterocycles. The second-order valence-corrected chi connectivity index (χ2v) is 3.87. The van der Waals surface area contributed by atoms with Crippen molar-refractivity contribution in [1.29, 1.82) is 5.41 Å². The highest BCUT2D eigenvalue weighted by atomic mass is 79.9. The third-order valence-corrected chi connectivity index (χ3v) is 2.68. The standard InChI is InChI=1S/C4H10BrN3S/c5-3(1-6)2-9-4(7)8/h3H,1-2,6H2,(H3,7,8). The molecule has 5 N–H and O–H groups in total. The summed E-state index contributed by atoms with van der Waals surface area (Å²) in [7, 11) is 0. The van der Waals surface area contributed by atoms with Crippen LogP contribution in [0.3, 0.4) is 0 Å². The molecule has 0 spiro atoms. The molecule has 0 aromatic carbocycles. The average molecular weight is 212 g/mol. The molecule has 0 aromatic rings. The molecular formula is C4H10BrN3S. The minimum Gasteiger partial charge on any atom is -0.379 e. The van der Waals surface area contributed by atoms with Crippen LogP contribution in [0.15, 0.2) is 0 Å². The Hall–Kier alpha value is 0.260. The maximum atomic E-state index is 6.84. The molecule has 9 heavy (non-hydrogen) atoms. The summed E-state index contributed by atoms with van der Waals surface area (Å²) in [5.41, 5.74) is 10.4. The van der Waals surface area contributed by atoms with Gasteiger partial charge >= 0.3 is 0 Å². The van der Waals surface area contributed by atoms with Crippen LogP contribution in [0.1, 0.15) is 0 Å². The second kappa shape index (κ2) is 5.08. The van der Waals surface area contributed by atoms with Gasteiger partial charge in [0.15, 0.2) is 5.17 Å². The SMILES string of the molecule is N=C(N)SCC(Br)CN. The van der Waals surface area contributed by atoms with Crippen molar-refractivity contribution >= 4 is 32.9 Å². The topological polar surface area (TPSA) is 75.9 Å². The number of alkyl halides is 1. The Bertz CT molecular complexity index is 97.8. The molecule has 1 atom stereocenters. The lowest BCUT2D eigenvalue weighted by Crippen LogP contribution is -2.18. The second-order valence-electron chi connectivity index (χ2n) is 1.51. The largest absolute Gasteiger partial charge is 0.379 e. The first kappa shape index (κ1) is 9.26. The highest BCUT2D eigenvalue weighted by molar-refractivity contribution is 9.09. The molecule has 54 valence electrons. The van der Waals surface area contributed by atoms with Gasteiger partial charge in [-0.25, -0.2) is 0 Å². The number of hydrogen-bond donors (Lipinski definition) is 3. The molecule has 3 nitrogen and oxygen atoms in total. The first-order valence-corrected chi connectivity index (χ1v) is 4.38. The van der Waals surface area contributed by atoms with Crippen LogP contribution < -0.4 is 11.5 Å². The van der Waals surface area contributed by atoms with Gasteiger partial charge < -0.3 is 11.5 Å². The van der Waals surface area contributed by atoms with Gasteiger partial charge in [0, 0.05) is 17.1 Å². The van der Waals surface area contributed by atoms with Crippen molar-refractivity contribution in [2.24, 2.45) is 11.5 Å². The van der Waals surface area contributed by atoms with Gasteiger partial charge in [-0.2, -0.15) is 0 Å². The molecule has 0 aromatic heterocycles. The normalized spacial score (nSPS) is 13.1. The highest BCUT2D eigenvalue weighted by Crippen LogP contribution is 2.06. The highest BCUT2D eigenvalue weighted by Gasteiger charge is 2.00. The Morgan fingerprint density at radius 2 is 2.33 bits per heavy atom. The maximum absolute atomic E-state index is 6.84. The van der Waals surface area contributed by atoms with Gasteiger partial charge in [0.1, 0.15) is 0 Å². The molecule has 0 rings (SSSR count). The fourth-order valence-electron chi connectivity index (χ4n) is 0.248. The summed E-state index contributed by atoms with van der Waals surface area (Å²) >= 11 is 4.61. The molecule has 0 radical (unpaired) electrons. The summed E-state index contributed by atoms with van der Waals surface area (Å²) < 4.78 is 0. The van der Waals surface area contributed by atoms with Gasteiger partial charge in [-0.3, -0.25) is 5.41 Å². The van der Waals surface area contributed by atoms with Gasteiger partial charge in [-0.15, -0.1) is 0 Å². The monoisotopic (exact) mass is 211 g/mol. The zero-order valence-electron chi connectivity index (χ0n) is 4.93. The van der Waals surface area contributed by atoms with Crippen molar-refractivity contribution < 1.29 is 0 Å². The molecule has 0 fully saturated rings. The number of halogens is 1. The molecule has 0 aliphatic rings. The third kappa shape index (κ3) is 6.14. The zero-order chi connectivity index (χ0) is 7.28. The van der Waals surface area contributed by atoms with Crippen molar-refractivity contribution in [3.05, 3.63) is 0 Å². The van der Waals surface area contributed by atoms with E-state index in [4.69, 9.17) is 16.9 Å². The molecule has 0 aliphatic carbocycles. The summed E-state index contributed by atoms with van der Waals surface area (Å²) in [6.45, 7) is 0.584. The minimum absolute atomic E-state index is 0.146. The van der Waals surface area contributed by atoms with Crippen molar-refractivity contribution in [3.63, 3.8) is 0 Å². The van der Waals surface area contributed by atoms with Gasteiger partial charge in [-0.1, -0.05) is 27.7 Å². The Balaban J connectivity index is 3.16. The Morgan fingerprint density at radius 1 is 1.78 bits per heavy atom. The molecule has 0 saturated carbocycles. The van der Waals surface area contributed by atoms with Crippen LogP contribution in [0.5, 0.6) is 0 Å². The maximum Gasteiger partial charge on any atom is 0.151 e. The van der Waals surface area contributed by atoms with Gasteiger partial charge in [0.25, 0.3) is 0 Å². The van der Waals surface area contributed by atoms with Crippen LogP contribution >= 0.6 is 27.7 Å². The summed E-state index contributed by atoms with van der Waals surface area (Å²) in [4.78, 5) is 0.270. The summed E-state index contributed by atoms with van der Waals surface area (Å²) in [6.07, 6.45) is 0. The third-order valence-electron chi connectivity index (χ3n) is 0.675. The van der Waals surface area contributed by atoms with Crippen LogP contribution in [-0.4, -0.2) is 22.3 Å². The number of thioether (sulfide) groups is 1. The van der Waals surface area contributed by atoms with E-state index in [0.717, 1.165) is 5.75 Å². The van der Waals surface area contributed by atoms with Crippen molar-refractivity contribution in [3.8, 4) is 0 Å². The van der Waals surface area contributed by atoms with E-state index in [9.17, 15) is 0 Å². The average Bonchev–Trinajstić information content (AvgIpc) is 1.83. The van der Waals surface area contributed by atoms with E-state index in [2.05, 4.69) is 15.9 Å². The van der Waals surface area contributed by atoms with Crippen molar-refractivity contribution in [1.82, 2.24) is 0 Å². The molecule has 5 heteroatoms. The summed E-state index contributed by atoms with van der Waals surface area (Å²) in [6, 6.07) is 0. The van der Waals surface area contributed by atoms with Crippen LogP contribution in [0.2, 0.25) is 0 Å². The molecule has 0 aliphatic heterocycles. The van der Waals surface area contributed by atoms with Crippen LogP contribution in [0.25, 0.3) is 0 Å². The van der Waals surface area contributed by atoms with Crippen LogP contribution in [0, 0.1) is 5.41 Å². The van der Waals surface area contributed by atoms with E-state index in [1.807, 2.05) is 0 Å². The Kier molecular flexibility index (Phi) is 5.22. The first-order chi connectivity index (χ1) is 4.16. The molecule has 1 unspecified atom stereocenters. The quantitative estimate of drug-likeness (QED) is 0.358. The molecular weight excluding hydrogens is 202 g/mol. The van der Waals surface area contributed by atoms with Crippen molar-refractivity contribution in [2.75, 3.05) is 12.3 Å². The van der Waals surface area contributed by atoms with E-state index >= 15 is 0 Å². The smallest absolute Gasteiger partial charge is 0.151 e. The Morgan fingerprint density at radius 3 is 2.67 bits per heavy atom. The predicted molar refractivity (Wildman–Crippen MR) is 46.1 cm³/mol. The summed E-state index contributed by atoms with van der Waals surface area (Å²) in [5, 5.41) is 6.99. The fourth-order valence-corrected chi connectivity index (χ4v) is 1.14. The van der Waals surface area contributed by atoms with Gasteiger partial charge in [0.05, 0.1) is 0 Å². The van der Waals surface area contributed by atoms with Crippen LogP contribution in [0.4, 0.5) is 0 Å². The predicted octanol–water partition coefficient (Wildman–Crippen LogP) is 0.335. The molecule has 0 amide bonds. The Labute approximate surface area is 67.2 Å².